The van der Waals surface area contributed by atoms with Gasteiger partial charge in [-0.3, -0.25) is 38.1 Å². The van der Waals surface area contributed by atoms with Crippen molar-refractivity contribution < 1.29 is 83.9 Å². The molecule has 1 aliphatic rings. The van der Waals surface area contributed by atoms with E-state index in [1.807, 2.05) is 0 Å². The van der Waals surface area contributed by atoms with Crippen molar-refractivity contribution in [2.75, 3.05) is 11.9 Å². The molecule has 2 aromatic rings. The summed E-state index contributed by atoms with van der Waals surface area (Å²) in [5, 5.41) is 92.3. The minimum atomic E-state index is -1.97. The fraction of sp³-hybridized carbons (Fsp3) is 0.526. The van der Waals surface area contributed by atoms with E-state index >= 15 is 0 Å². The summed E-state index contributed by atoms with van der Waals surface area (Å²) in [6.07, 6.45) is -11.9. The maximum Gasteiger partial charge on any atom is 0.351 e. The molecule has 1 fully saturated rings. The number of hydrogen-bond donors (Lipinski definition) is 16. The van der Waals surface area contributed by atoms with E-state index in [-0.39, 0.29) is 18.0 Å². The Kier molecular flexibility index (Phi) is 19.5. The standard InChI is InChI=1S/C38H54N10O18/c1-14(50)26(45-25(55)11-19(39)31(58)43-24-8-9-48(38(65)44-24)36-30(57)29(56)22(13-49)66-36)35(62)46-27(15(2)51)34(61)42-21(12-23(40)54)32(59)41-20(10-17-4-6-18(53)7-5-17)33(60)47-28(16(3)52)37(63)64/h4-9,14-16,19-22,26-30,36,49-53,56-57H,10-13,39H2,1-3H3,(H2,40,54)(H,41,59)(H,42,61)(H,45,55)(H,46,62)(H,47,60)(H,63,64)(H,43,44,58,65)/t14-,15-,16-,19+,20+,21+,22-,26+,27+,28+,29-,30+,36-/m1/s1. The molecule has 0 radical (unpaired) electrons. The number of carboxylic acid groups (broad SMARTS) is 1. The number of aromatic nitrogens is 2. The number of carbonyl (C=O) groups is 8. The van der Waals surface area contributed by atoms with Crippen LogP contribution in [0, 0.1) is 0 Å². The predicted octanol–water partition coefficient (Wildman–Crippen LogP) is -8.01. The average Bonchev–Trinajstić information content (AvgIpc) is 3.51. The summed E-state index contributed by atoms with van der Waals surface area (Å²) >= 11 is 0. The van der Waals surface area contributed by atoms with Crippen molar-refractivity contribution in [3.8, 4) is 5.75 Å². The first kappa shape index (κ1) is 53.7. The van der Waals surface area contributed by atoms with Gasteiger partial charge in [-0.15, -0.1) is 0 Å². The molecule has 0 spiro atoms. The van der Waals surface area contributed by atoms with E-state index in [2.05, 4.69) is 36.9 Å². The van der Waals surface area contributed by atoms with Crippen LogP contribution < -0.4 is 49.1 Å². The lowest BCUT2D eigenvalue weighted by Gasteiger charge is -2.28. The number of phenols is 1. The number of primary amides is 1. The topological polar surface area (TPSA) is 467 Å². The van der Waals surface area contributed by atoms with Gasteiger partial charge in [0.1, 0.15) is 54.0 Å². The number of ether oxygens (including phenoxy) is 1. The number of carbonyl (C=O) groups excluding carboxylic acids is 7. The average molecular weight is 939 g/mol. The van der Waals surface area contributed by atoms with Gasteiger partial charge in [0.05, 0.1) is 43.8 Å². The van der Waals surface area contributed by atoms with Crippen molar-refractivity contribution >= 4 is 53.1 Å². The number of aliphatic hydroxyl groups excluding tert-OH is 6. The lowest BCUT2D eigenvalue weighted by molar-refractivity contribution is -0.145. The summed E-state index contributed by atoms with van der Waals surface area (Å²) in [6, 6.07) is -4.58. The van der Waals surface area contributed by atoms with Gasteiger partial charge in [0.25, 0.3) is 0 Å². The predicted molar refractivity (Wildman–Crippen MR) is 221 cm³/mol. The zero-order chi connectivity index (χ0) is 49.7. The van der Waals surface area contributed by atoms with Gasteiger partial charge < -0.3 is 89.0 Å². The molecule has 13 atom stereocenters. The number of aliphatic hydroxyl groups is 6. The van der Waals surface area contributed by atoms with Gasteiger partial charge in [0.2, 0.25) is 41.4 Å². The molecule has 1 saturated heterocycles. The van der Waals surface area contributed by atoms with Gasteiger partial charge in [-0.05, 0) is 44.5 Å². The van der Waals surface area contributed by atoms with Crippen molar-refractivity contribution in [1.29, 1.82) is 0 Å². The highest BCUT2D eigenvalue weighted by molar-refractivity contribution is 5.99. The van der Waals surface area contributed by atoms with Crippen LogP contribution in [0.3, 0.4) is 0 Å². The minimum absolute atomic E-state index is 0.153. The number of carboxylic acids is 1. The number of nitrogens with two attached hydrogens (primary N) is 2. The number of aromatic hydroxyl groups is 1. The van der Waals surface area contributed by atoms with Crippen molar-refractivity contribution in [1.82, 2.24) is 36.1 Å². The molecule has 3 rings (SSSR count). The van der Waals surface area contributed by atoms with Gasteiger partial charge in [0.15, 0.2) is 12.3 Å². The fourth-order valence-electron chi connectivity index (χ4n) is 6.25. The first-order valence-electron chi connectivity index (χ1n) is 20.0. The SMILES string of the molecule is C[C@@H](O)[C@H](NC(=O)[C@H](Cc1ccc(O)cc1)NC(=O)[C@H](CC(N)=O)NC(=O)[C@@H](NC(=O)[C@@H](NC(=O)C[C@H](N)C(=O)Nc1ccn([C@@H]2O[C@H](CO)[C@@H](O)[C@@H]2O)c(=O)n1)[C@@H](C)O)[C@@H](C)O)C(=O)O. The second kappa shape index (κ2) is 24.0. The quantitative estimate of drug-likeness (QED) is 0.0492. The van der Waals surface area contributed by atoms with E-state index in [9.17, 15) is 84.0 Å². The third-order valence-electron chi connectivity index (χ3n) is 9.85. The number of rotatable bonds is 23. The molecule has 28 nitrogen and oxygen atoms in total. The normalized spacial score (nSPS) is 20.9. The van der Waals surface area contributed by atoms with E-state index in [4.69, 9.17) is 16.2 Å². The molecule has 1 aliphatic heterocycles. The van der Waals surface area contributed by atoms with Crippen LogP contribution in [0.5, 0.6) is 5.75 Å². The Balaban J connectivity index is 1.70. The smallest absolute Gasteiger partial charge is 0.351 e. The van der Waals surface area contributed by atoms with Gasteiger partial charge in [-0.2, -0.15) is 4.98 Å². The minimum Gasteiger partial charge on any atom is -0.508 e. The molecular formula is C38H54N10O18. The molecule has 364 valence electrons. The number of hydrogen-bond acceptors (Lipinski definition) is 19. The van der Waals surface area contributed by atoms with Crippen LogP contribution in [-0.2, 0) is 49.5 Å². The van der Waals surface area contributed by atoms with Crippen LogP contribution in [0.25, 0.3) is 0 Å². The van der Waals surface area contributed by atoms with E-state index < -0.39 is 152 Å². The van der Waals surface area contributed by atoms with Crippen molar-refractivity contribution in [3.05, 3.63) is 52.6 Å². The zero-order valence-electron chi connectivity index (χ0n) is 35.5. The molecule has 1 aromatic carbocycles. The lowest BCUT2D eigenvalue weighted by atomic mass is 10.0. The lowest BCUT2D eigenvalue weighted by Crippen LogP contribution is -2.62. The van der Waals surface area contributed by atoms with Crippen molar-refractivity contribution in [3.63, 3.8) is 0 Å². The third kappa shape index (κ3) is 14.9. The first-order chi connectivity index (χ1) is 30.8. The van der Waals surface area contributed by atoms with Gasteiger partial charge in [-0.1, -0.05) is 12.1 Å². The fourth-order valence-corrected chi connectivity index (χ4v) is 6.25. The Bertz CT molecular complexity index is 2140. The van der Waals surface area contributed by atoms with E-state index in [0.717, 1.165) is 37.6 Å². The largest absolute Gasteiger partial charge is 0.508 e. The molecule has 66 heavy (non-hydrogen) atoms. The number of benzene rings is 1. The number of phenolic OH excluding ortho intramolecular Hbond substituents is 1. The van der Waals surface area contributed by atoms with Crippen molar-refractivity contribution in [2.24, 2.45) is 11.5 Å². The van der Waals surface area contributed by atoms with Crippen molar-refractivity contribution in [2.45, 2.75) is 119 Å². The highest BCUT2D eigenvalue weighted by Crippen LogP contribution is 2.28. The van der Waals surface area contributed by atoms with Crippen LogP contribution in [0.1, 0.15) is 45.4 Å². The van der Waals surface area contributed by atoms with Crippen LogP contribution in [-0.4, -0.2) is 177 Å². The molecule has 2 heterocycles. The molecule has 0 saturated carbocycles. The second-order valence-corrected chi connectivity index (χ2v) is 15.3. The van der Waals surface area contributed by atoms with E-state index in [1.54, 1.807) is 0 Å². The molecule has 0 aliphatic carbocycles. The molecular weight excluding hydrogens is 884 g/mol. The monoisotopic (exact) mass is 938 g/mol. The number of anilines is 1. The summed E-state index contributed by atoms with van der Waals surface area (Å²) in [5.41, 5.74) is 10.4. The summed E-state index contributed by atoms with van der Waals surface area (Å²) < 4.78 is 6.07. The van der Waals surface area contributed by atoms with Gasteiger partial charge in [0, 0.05) is 12.6 Å². The van der Waals surface area contributed by atoms with E-state index in [0.29, 0.717) is 5.56 Å². The van der Waals surface area contributed by atoms with E-state index in [1.165, 1.54) is 24.3 Å². The summed E-state index contributed by atoms with van der Waals surface area (Å²) in [4.78, 5) is 119. The molecule has 0 unspecified atom stereocenters. The summed E-state index contributed by atoms with van der Waals surface area (Å²) in [7, 11) is 0. The number of nitrogens with one attached hydrogen (secondary N) is 6. The molecule has 0 bridgehead atoms. The number of nitrogens with zero attached hydrogens (tertiary/aromatic N) is 2. The molecule has 18 N–H and O–H groups in total. The molecule has 7 amide bonds. The Hall–Kier alpha value is -6.66. The summed E-state index contributed by atoms with van der Waals surface area (Å²) in [5.74, 6) is -10.4. The Morgan fingerprint density at radius 3 is 1.79 bits per heavy atom. The van der Waals surface area contributed by atoms with Gasteiger partial charge in [-0.25, -0.2) is 9.59 Å². The molecule has 28 heteroatoms. The molecule has 1 aromatic heterocycles. The zero-order valence-corrected chi connectivity index (χ0v) is 35.5. The highest BCUT2D eigenvalue weighted by atomic mass is 16.6. The maximum atomic E-state index is 13.6. The number of aliphatic carboxylic acids is 1. The van der Waals surface area contributed by atoms with Crippen LogP contribution in [0.2, 0.25) is 0 Å². The second-order valence-electron chi connectivity index (χ2n) is 15.3. The Morgan fingerprint density at radius 2 is 1.27 bits per heavy atom. The number of amides is 7. The highest BCUT2D eigenvalue weighted by Gasteiger charge is 2.44. The summed E-state index contributed by atoms with van der Waals surface area (Å²) in [6.45, 7) is 2.50. The third-order valence-corrected chi connectivity index (χ3v) is 9.85. The van der Waals surface area contributed by atoms with Crippen LogP contribution >= 0.6 is 0 Å². The maximum absolute atomic E-state index is 13.6. The van der Waals surface area contributed by atoms with Gasteiger partial charge >= 0.3 is 11.7 Å². The first-order valence-corrected chi connectivity index (χ1v) is 20.0. The van der Waals surface area contributed by atoms with Crippen LogP contribution in [0.15, 0.2) is 41.3 Å². The Morgan fingerprint density at radius 1 is 0.742 bits per heavy atom. The van der Waals surface area contributed by atoms with Crippen LogP contribution in [0.4, 0.5) is 5.82 Å². The Labute approximate surface area is 373 Å².